The van der Waals surface area contributed by atoms with E-state index < -0.39 is 12.8 Å². The lowest BCUT2D eigenvalue weighted by molar-refractivity contribution is -0.153. The third kappa shape index (κ3) is 4.99. The van der Waals surface area contributed by atoms with Crippen LogP contribution in [0.25, 0.3) is 0 Å². The van der Waals surface area contributed by atoms with E-state index in [2.05, 4.69) is 10.2 Å². The summed E-state index contributed by atoms with van der Waals surface area (Å²) < 4.78 is 41.0. The number of benzene rings is 1. The molecular formula is C16H22ClF3N2O. The normalized spacial score (nSPS) is 24.8. The molecule has 1 aromatic carbocycles. The maximum atomic E-state index is 12.1. The zero-order valence-electron chi connectivity index (χ0n) is 12.9. The van der Waals surface area contributed by atoms with Gasteiger partial charge in [-0.2, -0.15) is 13.2 Å². The molecule has 2 heterocycles. The van der Waals surface area contributed by atoms with Gasteiger partial charge >= 0.3 is 6.18 Å². The average Bonchev–Trinajstić information content (AvgIpc) is 3.08. The van der Waals surface area contributed by atoms with Gasteiger partial charge in [-0.05, 0) is 49.0 Å². The molecule has 2 aliphatic heterocycles. The number of nitrogens with zero attached hydrogens (tertiary/aromatic N) is 1. The Morgan fingerprint density at radius 1 is 1.17 bits per heavy atom. The van der Waals surface area contributed by atoms with Crippen LogP contribution >= 0.6 is 12.4 Å². The van der Waals surface area contributed by atoms with Crippen LogP contribution in [0.3, 0.4) is 0 Å². The summed E-state index contributed by atoms with van der Waals surface area (Å²) in [4.78, 5) is 2.43. The molecule has 0 amide bonds. The molecule has 0 aliphatic carbocycles. The molecule has 3 nitrogen and oxygen atoms in total. The van der Waals surface area contributed by atoms with E-state index in [9.17, 15) is 13.2 Å². The zero-order chi connectivity index (χ0) is 15.6. The molecule has 130 valence electrons. The summed E-state index contributed by atoms with van der Waals surface area (Å²) in [6.07, 6.45) is -1.82. The van der Waals surface area contributed by atoms with Gasteiger partial charge in [-0.3, -0.25) is 4.90 Å². The van der Waals surface area contributed by atoms with Crippen molar-refractivity contribution in [2.24, 2.45) is 5.41 Å². The lowest BCUT2D eigenvalue weighted by Gasteiger charge is -2.22. The van der Waals surface area contributed by atoms with Crippen molar-refractivity contribution < 1.29 is 17.9 Å². The number of alkyl halides is 3. The van der Waals surface area contributed by atoms with Crippen molar-refractivity contribution in [1.29, 1.82) is 0 Å². The Morgan fingerprint density at radius 2 is 1.91 bits per heavy atom. The largest absolute Gasteiger partial charge is 0.484 e. The van der Waals surface area contributed by atoms with Crippen molar-refractivity contribution in [2.75, 3.05) is 32.8 Å². The van der Waals surface area contributed by atoms with Gasteiger partial charge in [0.1, 0.15) is 5.75 Å². The highest BCUT2D eigenvalue weighted by Gasteiger charge is 2.39. The molecule has 0 radical (unpaired) electrons. The number of halogens is 4. The summed E-state index contributed by atoms with van der Waals surface area (Å²) in [7, 11) is 0. The second kappa shape index (κ2) is 7.28. The van der Waals surface area contributed by atoms with Crippen LogP contribution in [0.2, 0.25) is 0 Å². The topological polar surface area (TPSA) is 24.5 Å². The van der Waals surface area contributed by atoms with Gasteiger partial charge in [-0.1, -0.05) is 12.1 Å². The quantitative estimate of drug-likeness (QED) is 0.902. The van der Waals surface area contributed by atoms with Crippen molar-refractivity contribution in [2.45, 2.75) is 25.6 Å². The Labute approximate surface area is 140 Å². The molecule has 1 atom stereocenters. The fraction of sp³-hybridized carbons (Fsp3) is 0.625. The first-order chi connectivity index (χ1) is 10.4. The lowest BCUT2D eigenvalue weighted by Crippen LogP contribution is -2.28. The SMILES string of the molecule is Cl.FC(F)(F)COc1ccc(CN2CCC3(CCNC3)C2)cc1. The van der Waals surface area contributed by atoms with Gasteiger partial charge in [-0.15, -0.1) is 12.4 Å². The molecule has 7 heteroatoms. The Bertz CT molecular complexity index is 501. The van der Waals surface area contributed by atoms with Crippen molar-refractivity contribution in [1.82, 2.24) is 10.2 Å². The molecule has 3 rings (SSSR count). The second-order valence-electron chi connectivity index (χ2n) is 6.44. The fourth-order valence-corrected chi connectivity index (χ4v) is 3.42. The predicted molar refractivity (Wildman–Crippen MR) is 85.1 cm³/mol. The van der Waals surface area contributed by atoms with Crippen molar-refractivity contribution in [3.63, 3.8) is 0 Å². The molecule has 1 N–H and O–H groups in total. The van der Waals surface area contributed by atoms with Gasteiger partial charge in [-0.25, -0.2) is 0 Å². The van der Waals surface area contributed by atoms with Gasteiger partial charge in [0.05, 0.1) is 0 Å². The van der Waals surface area contributed by atoms with E-state index in [1.54, 1.807) is 12.1 Å². The van der Waals surface area contributed by atoms with Crippen LogP contribution in [0.4, 0.5) is 13.2 Å². The van der Waals surface area contributed by atoms with Crippen LogP contribution in [-0.2, 0) is 6.54 Å². The van der Waals surface area contributed by atoms with Crippen LogP contribution in [-0.4, -0.2) is 43.9 Å². The molecular weight excluding hydrogens is 329 g/mol. The number of nitrogens with one attached hydrogen (secondary N) is 1. The maximum absolute atomic E-state index is 12.1. The predicted octanol–water partition coefficient (Wildman–Crippen LogP) is 3.23. The smallest absolute Gasteiger partial charge is 0.422 e. The Hall–Kier alpha value is -0.980. The number of ether oxygens (including phenoxy) is 1. The van der Waals surface area contributed by atoms with Gasteiger partial charge in [0.15, 0.2) is 6.61 Å². The number of rotatable bonds is 4. The molecule has 2 saturated heterocycles. The highest BCUT2D eigenvalue weighted by atomic mass is 35.5. The lowest BCUT2D eigenvalue weighted by atomic mass is 9.86. The molecule has 0 bridgehead atoms. The third-order valence-electron chi connectivity index (χ3n) is 4.58. The first-order valence-electron chi connectivity index (χ1n) is 7.66. The van der Waals surface area contributed by atoms with Crippen molar-refractivity contribution >= 4 is 12.4 Å². The Balaban J connectivity index is 0.00000192. The molecule has 1 spiro atoms. The fourth-order valence-electron chi connectivity index (χ4n) is 3.42. The van der Waals surface area contributed by atoms with Crippen LogP contribution < -0.4 is 10.1 Å². The molecule has 1 unspecified atom stereocenters. The second-order valence-corrected chi connectivity index (χ2v) is 6.44. The molecule has 2 fully saturated rings. The molecule has 0 saturated carbocycles. The minimum absolute atomic E-state index is 0. The summed E-state index contributed by atoms with van der Waals surface area (Å²) in [5.74, 6) is 0.263. The van der Waals surface area contributed by atoms with E-state index in [0.717, 1.165) is 38.3 Å². The van der Waals surface area contributed by atoms with Gasteiger partial charge in [0.25, 0.3) is 0 Å². The molecule has 2 aliphatic rings. The summed E-state index contributed by atoms with van der Waals surface area (Å²) >= 11 is 0. The average molecular weight is 351 g/mol. The summed E-state index contributed by atoms with van der Waals surface area (Å²) in [6, 6.07) is 6.93. The van der Waals surface area contributed by atoms with Crippen molar-refractivity contribution in [3.8, 4) is 5.75 Å². The van der Waals surface area contributed by atoms with Gasteiger partial charge < -0.3 is 10.1 Å². The van der Waals surface area contributed by atoms with Crippen LogP contribution in [0.1, 0.15) is 18.4 Å². The molecule has 0 aromatic heterocycles. The summed E-state index contributed by atoms with van der Waals surface area (Å²) in [5.41, 5.74) is 1.55. The van der Waals surface area contributed by atoms with E-state index in [-0.39, 0.29) is 18.2 Å². The van der Waals surface area contributed by atoms with Crippen LogP contribution in [0.15, 0.2) is 24.3 Å². The van der Waals surface area contributed by atoms with Crippen LogP contribution in [0.5, 0.6) is 5.75 Å². The number of hydrogen-bond acceptors (Lipinski definition) is 3. The first kappa shape index (κ1) is 18.4. The van der Waals surface area contributed by atoms with Crippen molar-refractivity contribution in [3.05, 3.63) is 29.8 Å². The molecule has 1 aromatic rings. The van der Waals surface area contributed by atoms with E-state index in [1.807, 2.05) is 12.1 Å². The molecule has 23 heavy (non-hydrogen) atoms. The van der Waals surface area contributed by atoms with E-state index in [4.69, 9.17) is 4.74 Å². The third-order valence-corrected chi connectivity index (χ3v) is 4.58. The van der Waals surface area contributed by atoms with E-state index in [0.29, 0.717) is 5.41 Å². The summed E-state index contributed by atoms with van der Waals surface area (Å²) in [6.45, 7) is 4.02. The van der Waals surface area contributed by atoms with E-state index >= 15 is 0 Å². The van der Waals surface area contributed by atoms with Gasteiger partial charge in [0, 0.05) is 19.6 Å². The first-order valence-corrected chi connectivity index (χ1v) is 7.66. The maximum Gasteiger partial charge on any atom is 0.422 e. The minimum Gasteiger partial charge on any atom is -0.484 e. The van der Waals surface area contributed by atoms with Crippen LogP contribution in [0, 0.1) is 5.41 Å². The minimum atomic E-state index is -4.29. The highest BCUT2D eigenvalue weighted by Crippen LogP contribution is 2.36. The standard InChI is InChI=1S/C16H21F3N2O.ClH/c17-16(18,19)12-22-14-3-1-13(2-4-14)9-21-8-6-15(11-21)5-7-20-10-15;/h1-4,20H,5-12H2;1H. The monoisotopic (exact) mass is 350 g/mol. The van der Waals surface area contributed by atoms with Gasteiger partial charge in [0.2, 0.25) is 0 Å². The van der Waals surface area contributed by atoms with E-state index in [1.165, 1.54) is 12.8 Å². The number of hydrogen-bond donors (Lipinski definition) is 1. The Morgan fingerprint density at radius 3 is 2.52 bits per heavy atom. The highest BCUT2D eigenvalue weighted by molar-refractivity contribution is 5.85. The summed E-state index contributed by atoms with van der Waals surface area (Å²) in [5, 5.41) is 3.44. The zero-order valence-corrected chi connectivity index (χ0v) is 13.7. The number of likely N-dealkylation sites (tertiary alicyclic amines) is 1. The Kier molecular flexibility index (Phi) is 5.81.